The molecule has 0 N–H and O–H groups in total. The molecule has 3 unspecified atom stereocenters. The Bertz CT molecular complexity index is 426. The van der Waals surface area contributed by atoms with Crippen molar-refractivity contribution in [2.45, 2.75) is 38.2 Å². The van der Waals surface area contributed by atoms with E-state index in [0.29, 0.717) is 10.2 Å². The van der Waals surface area contributed by atoms with E-state index in [1.807, 2.05) is 0 Å². The first-order chi connectivity index (χ1) is 7.97. The molecule has 1 fully saturated rings. The largest absolute Gasteiger partial charge is 0.489 e. The van der Waals surface area contributed by atoms with Gasteiger partial charge < -0.3 is 4.74 Å². The van der Waals surface area contributed by atoms with Crippen LogP contribution >= 0.6 is 27.5 Å². The molecule has 1 nitrogen and oxygen atoms in total. The molecule has 94 valence electrons. The zero-order chi connectivity index (χ0) is 12.6. The summed E-state index contributed by atoms with van der Waals surface area (Å²) in [5.74, 6) is 0.408. The van der Waals surface area contributed by atoms with Crippen LogP contribution in [0.4, 0.5) is 4.39 Å². The molecule has 0 aromatic heterocycles. The summed E-state index contributed by atoms with van der Waals surface area (Å²) in [4.78, 5) is 0. The van der Waals surface area contributed by atoms with Gasteiger partial charge in [-0.15, -0.1) is 11.6 Å². The summed E-state index contributed by atoms with van der Waals surface area (Å²) in [7, 11) is 0. The average molecular weight is 322 g/mol. The van der Waals surface area contributed by atoms with Gasteiger partial charge in [-0.25, -0.2) is 4.39 Å². The number of hydrogen-bond acceptors (Lipinski definition) is 1. The molecular weight excluding hydrogens is 306 g/mol. The predicted octanol–water partition coefficient (Wildman–Crippen LogP) is 4.76. The second kappa shape index (κ2) is 4.77. The lowest BCUT2D eigenvalue weighted by molar-refractivity contribution is -0.0299. The normalized spacial score (nSPS) is 32.1. The highest BCUT2D eigenvalue weighted by atomic mass is 79.9. The molecule has 0 aliphatic heterocycles. The van der Waals surface area contributed by atoms with Gasteiger partial charge in [0.25, 0.3) is 0 Å². The minimum atomic E-state index is -0.272. The van der Waals surface area contributed by atoms with Gasteiger partial charge in [-0.1, -0.05) is 13.8 Å². The molecule has 1 aliphatic rings. The van der Waals surface area contributed by atoms with Gasteiger partial charge in [0.1, 0.15) is 17.7 Å². The Morgan fingerprint density at radius 2 is 2.29 bits per heavy atom. The summed E-state index contributed by atoms with van der Waals surface area (Å²) in [5, 5.41) is 0.164. The highest BCUT2D eigenvalue weighted by molar-refractivity contribution is 9.10. The van der Waals surface area contributed by atoms with E-state index in [-0.39, 0.29) is 22.7 Å². The van der Waals surface area contributed by atoms with E-state index in [4.69, 9.17) is 16.3 Å². The van der Waals surface area contributed by atoms with Gasteiger partial charge in [-0.05, 0) is 40.5 Å². The van der Waals surface area contributed by atoms with Crippen molar-refractivity contribution in [1.82, 2.24) is 0 Å². The third kappa shape index (κ3) is 2.32. The highest BCUT2D eigenvalue weighted by Crippen LogP contribution is 2.49. The van der Waals surface area contributed by atoms with E-state index in [9.17, 15) is 4.39 Å². The lowest BCUT2D eigenvalue weighted by Crippen LogP contribution is -2.55. The van der Waals surface area contributed by atoms with Gasteiger partial charge in [0.2, 0.25) is 0 Å². The van der Waals surface area contributed by atoms with Gasteiger partial charge in [0.15, 0.2) is 0 Å². The third-order valence-electron chi connectivity index (χ3n) is 3.80. The molecule has 1 saturated carbocycles. The van der Waals surface area contributed by atoms with Crippen LogP contribution in [0.1, 0.15) is 26.7 Å². The fourth-order valence-electron chi connectivity index (χ4n) is 2.12. The smallest absolute Gasteiger partial charge is 0.134 e. The standard InChI is InChI=1S/C13H15BrClFO/c1-3-13(2)11(15)7-12(13)17-10-5-4-8(16)6-9(10)14/h4-6,11-12H,3,7H2,1-2H3. The molecule has 0 amide bonds. The SMILES string of the molecule is CCC1(C)C(Cl)CC1Oc1ccc(F)cc1Br. The summed E-state index contributed by atoms with van der Waals surface area (Å²) in [6.45, 7) is 4.25. The van der Waals surface area contributed by atoms with Crippen LogP contribution in [-0.2, 0) is 0 Å². The van der Waals surface area contributed by atoms with Crippen LogP contribution in [0.25, 0.3) is 0 Å². The fraction of sp³-hybridized carbons (Fsp3) is 0.538. The second-order valence-corrected chi connectivity index (χ2v) is 6.13. The van der Waals surface area contributed by atoms with Crippen molar-refractivity contribution < 1.29 is 9.13 Å². The second-order valence-electron chi connectivity index (χ2n) is 4.74. The summed E-state index contributed by atoms with van der Waals surface area (Å²) < 4.78 is 19.5. The Kier molecular flexibility index (Phi) is 3.69. The zero-order valence-corrected chi connectivity index (χ0v) is 12.2. The Morgan fingerprint density at radius 1 is 1.59 bits per heavy atom. The summed E-state index contributed by atoms with van der Waals surface area (Å²) >= 11 is 9.54. The van der Waals surface area contributed by atoms with Gasteiger partial charge in [0, 0.05) is 17.2 Å². The van der Waals surface area contributed by atoms with Gasteiger partial charge in [-0.2, -0.15) is 0 Å². The molecule has 1 aromatic carbocycles. The van der Waals surface area contributed by atoms with Gasteiger partial charge in [-0.3, -0.25) is 0 Å². The molecule has 3 atom stereocenters. The lowest BCUT2D eigenvalue weighted by atomic mass is 9.65. The first-order valence-electron chi connectivity index (χ1n) is 5.73. The number of alkyl halides is 1. The number of halogens is 3. The highest BCUT2D eigenvalue weighted by Gasteiger charge is 2.51. The molecule has 0 bridgehead atoms. The molecule has 1 aromatic rings. The van der Waals surface area contributed by atoms with Gasteiger partial charge in [0.05, 0.1) is 4.47 Å². The van der Waals surface area contributed by atoms with E-state index in [1.165, 1.54) is 12.1 Å². The Labute approximate surface area is 114 Å². The topological polar surface area (TPSA) is 9.23 Å². The third-order valence-corrected chi connectivity index (χ3v) is 5.09. The number of ether oxygens (including phenoxy) is 1. The van der Waals surface area contributed by atoms with Crippen molar-refractivity contribution in [3.05, 3.63) is 28.5 Å². The van der Waals surface area contributed by atoms with Crippen molar-refractivity contribution in [3.8, 4) is 5.75 Å². The summed E-state index contributed by atoms with van der Waals surface area (Å²) in [6, 6.07) is 4.47. The zero-order valence-electron chi connectivity index (χ0n) is 9.84. The minimum Gasteiger partial charge on any atom is -0.489 e. The van der Waals surface area contributed by atoms with E-state index >= 15 is 0 Å². The van der Waals surface area contributed by atoms with Crippen LogP contribution in [0, 0.1) is 11.2 Å². The van der Waals surface area contributed by atoms with Crippen LogP contribution in [0.15, 0.2) is 22.7 Å². The quantitative estimate of drug-likeness (QED) is 0.729. The molecule has 0 spiro atoms. The molecule has 1 aliphatic carbocycles. The van der Waals surface area contributed by atoms with Crippen molar-refractivity contribution in [3.63, 3.8) is 0 Å². The maximum absolute atomic E-state index is 13.0. The van der Waals surface area contributed by atoms with E-state index < -0.39 is 0 Å². The fourth-order valence-corrected chi connectivity index (χ4v) is 3.02. The number of hydrogen-bond donors (Lipinski definition) is 0. The van der Waals surface area contributed by atoms with E-state index in [2.05, 4.69) is 29.8 Å². The molecule has 0 heterocycles. The molecular formula is C13H15BrClFO. The van der Waals surface area contributed by atoms with E-state index in [1.54, 1.807) is 6.07 Å². The Hall–Kier alpha value is -0.280. The monoisotopic (exact) mass is 320 g/mol. The van der Waals surface area contributed by atoms with Crippen LogP contribution < -0.4 is 4.74 Å². The molecule has 2 rings (SSSR count). The maximum atomic E-state index is 13.0. The molecule has 0 saturated heterocycles. The number of rotatable bonds is 3. The van der Waals surface area contributed by atoms with Gasteiger partial charge >= 0.3 is 0 Å². The van der Waals surface area contributed by atoms with Crippen molar-refractivity contribution >= 4 is 27.5 Å². The first-order valence-corrected chi connectivity index (χ1v) is 6.96. The van der Waals surface area contributed by atoms with Crippen molar-refractivity contribution in [2.75, 3.05) is 0 Å². The molecule has 4 heteroatoms. The maximum Gasteiger partial charge on any atom is 0.134 e. The Morgan fingerprint density at radius 3 is 2.82 bits per heavy atom. The Balaban J connectivity index is 2.12. The predicted molar refractivity (Wildman–Crippen MR) is 71.2 cm³/mol. The van der Waals surface area contributed by atoms with Crippen LogP contribution in [0.2, 0.25) is 0 Å². The van der Waals surface area contributed by atoms with Crippen LogP contribution in [0.5, 0.6) is 5.75 Å². The lowest BCUT2D eigenvalue weighted by Gasteiger charge is -2.50. The van der Waals surface area contributed by atoms with Crippen molar-refractivity contribution in [2.24, 2.45) is 5.41 Å². The summed E-state index contributed by atoms with van der Waals surface area (Å²) in [6.07, 6.45) is 1.93. The van der Waals surface area contributed by atoms with Crippen molar-refractivity contribution in [1.29, 1.82) is 0 Å². The minimum absolute atomic E-state index is 0.00931. The first kappa shape index (κ1) is 13.2. The average Bonchev–Trinajstić information content (AvgIpc) is 2.30. The number of benzene rings is 1. The van der Waals surface area contributed by atoms with Crippen LogP contribution in [-0.4, -0.2) is 11.5 Å². The van der Waals surface area contributed by atoms with Crippen LogP contribution in [0.3, 0.4) is 0 Å². The summed E-state index contributed by atoms with van der Waals surface area (Å²) in [5.41, 5.74) is 0.00931. The van der Waals surface area contributed by atoms with E-state index in [0.717, 1.165) is 12.8 Å². The molecule has 17 heavy (non-hydrogen) atoms. The molecule has 0 radical (unpaired) electrons.